The molecule has 0 heterocycles. The molecule has 0 saturated heterocycles. The van der Waals surface area contributed by atoms with Crippen LogP contribution in [0, 0.1) is 21.7 Å². The summed E-state index contributed by atoms with van der Waals surface area (Å²) in [7, 11) is 0. The van der Waals surface area contributed by atoms with Crippen LogP contribution in [0.25, 0.3) is 22.8 Å². The standard InChI is InChI=1S/C25H32O2.C19H28O2.C15H20.C7H14/c1-18(2)19-12-10-13-21(15-19)25(6,7)17-23(26)27-22-14-9-8-11-20(22)16-24(3,4)5;1-14(2)15-9-8-10-16(11-15)19(6,7)12-17(20)21-13-18(3,4)5;1-12(2)14-8-6-13(7-9-14)10-11-15(3,4)5;1-6(2)7(3,4)5/h8-15H,1,16-17H2,2-7H3;8-11H,1,12-13H2,2-7H3;6-11H,1H2,2-5H3;1H2,2-5H3/b;;11-10+;. The van der Waals surface area contributed by atoms with Gasteiger partial charge in [0.1, 0.15) is 5.75 Å². The molecule has 0 amide bonds. The highest BCUT2D eigenvalue weighted by Crippen LogP contribution is 2.33. The van der Waals surface area contributed by atoms with Gasteiger partial charge in [-0.25, -0.2) is 0 Å². The summed E-state index contributed by atoms with van der Waals surface area (Å²) in [5, 5.41) is 0. The third kappa shape index (κ3) is 25.4. The van der Waals surface area contributed by atoms with Crippen LogP contribution in [0.1, 0.15) is 190 Å². The molecule has 0 aromatic heterocycles. The van der Waals surface area contributed by atoms with Crippen molar-refractivity contribution >= 4 is 34.7 Å². The number of hydrogen-bond acceptors (Lipinski definition) is 4. The van der Waals surface area contributed by atoms with Crippen molar-refractivity contribution in [2.45, 2.75) is 169 Å². The molecule has 0 aliphatic rings. The van der Waals surface area contributed by atoms with Gasteiger partial charge in [0.05, 0.1) is 19.4 Å². The van der Waals surface area contributed by atoms with Crippen molar-refractivity contribution < 1.29 is 19.1 Å². The normalized spacial score (nSPS) is 11.9. The zero-order chi connectivity index (χ0) is 54.1. The number of esters is 2. The van der Waals surface area contributed by atoms with Crippen molar-refractivity contribution in [3.8, 4) is 5.75 Å². The number of rotatable bonds is 13. The highest BCUT2D eigenvalue weighted by molar-refractivity contribution is 5.75. The first-order valence-electron chi connectivity index (χ1n) is 24.9. The van der Waals surface area contributed by atoms with Gasteiger partial charge in [-0.3, -0.25) is 9.59 Å². The molecule has 70 heavy (non-hydrogen) atoms. The van der Waals surface area contributed by atoms with Gasteiger partial charge >= 0.3 is 11.9 Å². The average molecular weight is 951 g/mol. The number of hydrogen-bond donors (Lipinski definition) is 0. The second-order valence-electron chi connectivity index (χ2n) is 25.0. The van der Waals surface area contributed by atoms with E-state index in [4.69, 9.17) is 9.47 Å². The fourth-order valence-corrected chi connectivity index (χ4v) is 6.39. The molecule has 0 radical (unpaired) electrons. The van der Waals surface area contributed by atoms with Gasteiger partial charge in [0, 0.05) is 10.8 Å². The fourth-order valence-electron chi connectivity index (χ4n) is 6.39. The van der Waals surface area contributed by atoms with E-state index < -0.39 is 0 Å². The number of allylic oxidation sites excluding steroid dienone is 5. The van der Waals surface area contributed by atoms with Gasteiger partial charge < -0.3 is 9.47 Å². The van der Waals surface area contributed by atoms with Crippen LogP contribution in [0.15, 0.2) is 135 Å². The molecular weight excluding hydrogens is 857 g/mol. The quantitative estimate of drug-likeness (QED) is 0.0761. The Morgan fingerprint density at radius 3 is 1.33 bits per heavy atom. The zero-order valence-electron chi connectivity index (χ0n) is 47.7. The minimum absolute atomic E-state index is 0.000326. The number of benzene rings is 4. The van der Waals surface area contributed by atoms with Gasteiger partial charge in [-0.05, 0) is 101 Å². The highest BCUT2D eigenvalue weighted by atomic mass is 16.5. The van der Waals surface area contributed by atoms with Crippen LogP contribution in [0.5, 0.6) is 5.75 Å². The summed E-state index contributed by atoms with van der Waals surface area (Å²) >= 11 is 0. The lowest BCUT2D eigenvalue weighted by Gasteiger charge is -2.26. The minimum atomic E-state index is -0.318. The number of carbonyl (C=O) groups is 2. The Morgan fingerprint density at radius 1 is 0.514 bits per heavy atom. The van der Waals surface area contributed by atoms with Crippen LogP contribution in [0.3, 0.4) is 0 Å². The van der Waals surface area contributed by atoms with Crippen molar-refractivity contribution in [3.63, 3.8) is 0 Å². The summed E-state index contributed by atoms with van der Waals surface area (Å²) in [4.78, 5) is 24.8. The first-order chi connectivity index (χ1) is 31.8. The Bertz CT molecular complexity index is 2390. The van der Waals surface area contributed by atoms with Crippen molar-refractivity contribution in [3.05, 3.63) is 174 Å². The van der Waals surface area contributed by atoms with E-state index in [1.54, 1.807) is 0 Å². The van der Waals surface area contributed by atoms with Crippen LogP contribution in [-0.2, 0) is 31.6 Å². The molecule has 0 atom stereocenters. The van der Waals surface area contributed by atoms with Gasteiger partial charge in [-0.2, -0.15) is 0 Å². The molecule has 0 saturated carbocycles. The third-order valence-corrected chi connectivity index (χ3v) is 11.5. The molecular formula is C66H94O4. The summed E-state index contributed by atoms with van der Waals surface area (Å²) in [5.41, 5.74) is 12.5. The lowest BCUT2D eigenvalue weighted by molar-refractivity contribution is -0.147. The Kier molecular flexibility index (Phi) is 23.8. The molecule has 0 spiro atoms. The summed E-state index contributed by atoms with van der Waals surface area (Å²) < 4.78 is 11.2. The highest BCUT2D eigenvalue weighted by Gasteiger charge is 2.28. The Morgan fingerprint density at radius 2 is 0.943 bits per heavy atom. The molecule has 0 aliphatic heterocycles. The first kappa shape index (κ1) is 62.5. The van der Waals surface area contributed by atoms with E-state index in [1.807, 2.05) is 69.3 Å². The van der Waals surface area contributed by atoms with Gasteiger partial charge in [0.2, 0.25) is 0 Å². The van der Waals surface area contributed by atoms with Crippen LogP contribution in [-0.4, -0.2) is 18.5 Å². The van der Waals surface area contributed by atoms with E-state index in [1.165, 1.54) is 16.7 Å². The molecule has 4 rings (SSSR count). The van der Waals surface area contributed by atoms with E-state index in [0.717, 1.165) is 51.0 Å². The summed E-state index contributed by atoms with van der Waals surface area (Å²) in [5.74, 6) is 0.321. The van der Waals surface area contributed by atoms with Crippen molar-refractivity contribution in [2.24, 2.45) is 21.7 Å². The Hall–Kier alpha value is -5.48. The number of para-hydroxylation sites is 1. The third-order valence-electron chi connectivity index (χ3n) is 11.5. The molecule has 4 aromatic rings. The van der Waals surface area contributed by atoms with E-state index in [0.29, 0.717) is 30.6 Å². The van der Waals surface area contributed by atoms with Crippen LogP contribution in [0.4, 0.5) is 0 Å². The largest absolute Gasteiger partial charge is 0.465 e. The maximum Gasteiger partial charge on any atom is 0.312 e. The maximum absolute atomic E-state index is 12.7. The predicted octanol–water partition coefficient (Wildman–Crippen LogP) is 18.9. The van der Waals surface area contributed by atoms with Crippen LogP contribution in [0.2, 0.25) is 0 Å². The molecule has 4 aromatic carbocycles. The lowest BCUT2D eigenvalue weighted by Crippen LogP contribution is -2.26. The molecule has 0 fully saturated rings. The van der Waals surface area contributed by atoms with Crippen LogP contribution < -0.4 is 4.74 Å². The first-order valence-corrected chi connectivity index (χ1v) is 24.9. The molecule has 0 N–H and O–H groups in total. The van der Waals surface area contributed by atoms with Crippen molar-refractivity contribution in [1.29, 1.82) is 0 Å². The number of carbonyl (C=O) groups excluding carboxylic acids is 2. The molecule has 4 nitrogen and oxygen atoms in total. The summed E-state index contributed by atoms with van der Waals surface area (Å²) in [6, 6.07) is 32.8. The van der Waals surface area contributed by atoms with Crippen molar-refractivity contribution in [1.82, 2.24) is 0 Å². The van der Waals surface area contributed by atoms with E-state index in [9.17, 15) is 9.59 Å². The smallest absolute Gasteiger partial charge is 0.312 e. The topological polar surface area (TPSA) is 52.6 Å². The van der Waals surface area contributed by atoms with Gasteiger partial charge in [0.25, 0.3) is 0 Å². The molecule has 4 heteroatoms. The van der Waals surface area contributed by atoms with Gasteiger partial charge in [-0.15, -0.1) is 0 Å². The van der Waals surface area contributed by atoms with Gasteiger partial charge in [-0.1, -0.05) is 263 Å². The average Bonchev–Trinajstić information content (AvgIpc) is 3.22. The van der Waals surface area contributed by atoms with E-state index in [-0.39, 0.29) is 39.0 Å². The monoisotopic (exact) mass is 951 g/mol. The van der Waals surface area contributed by atoms with Crippen LogP contribution >= 0.6 is 0 Å². The fraction of sp³-hybridized carbons (Fsp3) is 0.455. The SMILES string of the molecule is C=C(C)C(C)(C)C.C=C(C)c1ccc(/C=C/C(C)(C)C)cc1.C=C(C)c1cccc(C(C)(C)CC(=O)OCC(C)(C)C)c1.C=C(C)c1cccc(C(C)(C)CC(=O)Oc2ccccc2CC(C)(C)C)c1. The predicted molar refractivity (Wildman–Crippen MR) is 307 cm³/mol. The molecule has 0 aliphatic carbocycles. The second kappa shape index (κ2) is 26.7. The molecule has 382 valence electrons. The zero-order valence-corrected chi connectivity index (χ0v) is 47.7. The minimum Gasteiger partial charge on any atom is -0.465 e. The van der Waals surface area contributed by atoms with Gasteiger partial charge in [0.15, 0.2) is 0 Å². The Labute approximate surface area is 428 Å². The second-order valence-corrected chi connectivity index (χ2v) is 25.0. The molecule has 0 unspecified atom stereocenters. The molecule has 0 bridgehead atoms. The number of ether oxygens (including phenoxy) is 2. The Balaban J connectivity index is 0.000000507. The lowest BCUT2D eigenvalue weighted by atomic mass is 9.80. The van der Waals surface area contributed by atoms with E-state index in [2.05, 4.69) is 205 Å². The van der Waals surface area contributed by atoms with E-state index >= 15 is 0 Å². The maximum atomic E-state index is 12.7. The summed E-state index contributed by atoms with van der Waals surface area (Å²) in [6.45, 7) is 58.4. The summed E-state index contributed by atoms with van der Waals surface area (Å²) in [6.07, 6.45) is 5.95. The van der Waals surface area contributed by atoms with Crippen molar-refractivity contribution in [2.75, 3.05) is 6.61 Å².